The number of sulfonamides is 1. The van der Waals surface area contributed by atoms with Crippen LogP contribution < -0.4 is 4.31 Å². The van der Waals surface area contributed by atoms with Gasteiger partial charge in [0.15, 0.2) is 0 Å². The minimum atomic E-state index is -4.54. The summed E-state index contributed by atoms with van der Waals surface area (Å²) in [6, 6.07) is 27.0. The molecule has 0 spiro atoms. The molecule has 0 fully saturated rings. The first kappa shape index (κ1) is 24.8. The SMILES string of the molecule is Cc1cn(-c2ccccc2)c(-c2ccc(Cl)cc2)c1S(=O)(=O)N(C(=O)O)c1csc(-c2ccccc2)c1. The molecule has 9 heteroatoms. The molecule has 1 amide bonds. The lowest BCUT2D eigenvalue weighted by molar-refractivity contribution is 0.206. The van der Waals surface area contributed by atoms with Crippen molar-refractivity contribution in [1.29, 1.82) is 0 Å². The molecule has 5 aromatic rings. The van der Waals surface area contributed by atoms with Crippen LogP contribution in [0.4, 0.5) is 10.5 Å². The number of para-hydroxylation sites is 1. The molecule has 1 N–H and O–H groups in total. The van der Waals surface area contributed by atoms with Gasteiger partial charge in [-0.3, -0.25) is 0 Å². The Balaban J connectivity index is 1.71. The molecule has 0 unspecified atom stereocenters. The maximum absolute atomic E-state index is 14.2. The summed E-state index contributed by atoms with van der Waals surface area (Å²) in [7, 11) is -4.54. The van der Waals surface area contributed by atoms with Gasteiger partial charge >= 0.3 is 6.09 Å². The van der Waals surface area contributed by atoms with Gasteiger partial charge in [0.2, 0.25) is 0 Å². The van der Waals surface area contributed by atoms with Gasteiger partial charge in [-0.25, -0.2) is 13.2 Å². The van der Waals surface area contributed by atoms with Crippen LogP contribution in [-0.2, 0) is 10.0 Å². The fourth-order valence-electron chi connectivity index (χ4n) is 4.24. The molecular formula is C28H21ClN2O4S2. The van der Waals surface area contributed by atoms with E-state index in [4.69, 9.17) is 11.6 Å². The van der Waals surface area contributed by atoms with Gasteiger partial charge in [0, 0.05) is 32.7 Å². The Hall–Kier alpha value is -3.85. The van der Waals surface area contributed by atoms with Crippen molar-refractivity contribution in [2.24, 2.45) is 0 Å². The average Bonchev–Trinajstić information content (AvgIpc) is 3.50. The first-order chi connectivity index (χ1) is 17.8. The molecule has 0 saturated heterocycles. The van der Waals surface area contributed by atoms with Crippen LogP contribution in [0.3, 0.4) is 0 Å². The smallest absolute Gasteiger partial charge is 0.426 e. The standard InChI is InChI=1S/C28H21ClN2O4S2/c1-19-17-30(23-10-6-3-7-11-23)26(21-12-14-22(29)15-13-21)27(19)37(34,35)31(28(32)33)24-16-25(36-18-24)20-8-4-2-5-9-20/h2-18H,1H3,(H,32,33). The van der Waals surface area contributed by atoms with Crippen molar-refractivity contribution >= 4 is 44.7 Å². The van der Waals surface area contributed by atoms with Crippen molar-refractivity contribution in [3.63, 3.8) is 0 Å². The van der Waals surface area contributed by atoms with Crippen LogP contribution >= 0.6 is 22.9 Å². The third-order valence-corrected chi connectivity index (χ3v) is 8.94. The van der Waals surface area contributed by atoms with E-state index >= 15 is 0 Å². The summed E-state index contributed by atoms with van der Waals surface area (Å²) in [4.78, 5) is 13.1. The number of amides is 1. The van der Waals surface area contributed by atoms with Crippen molar-refractivity contribution in [3.8, 4) is 27.4 Å². The summed E-state index contributed by atoms with van der Waals surface area (Å²) in [6.45, 7) is 1.66. The molecule has 5 rings (SSSR count). The first-order valence-electron chi connectivity index (χ1n) is 11.2. The first-order valence-corrected chi connectivity index (χ1v) is 13.9. The fraction of sp³-hybridized carbons (Fsp3) is 0.0357. The van der Waals surface area contributed by atoms with Gasteiger partial charge in [-0.1, -0.05) is 72.3 Å². The number of carboxylic acid groups (broad SMARTS) is 1. The molecule has 3 aromatic carbocycles. The minimum Gasteiger partial charge on any atom is -0.464 e. The Bertz CT molecular complexity index is 1680. The molecule has 0 bridgehead atoms. The van der Waals surface area contributed by atoms with E-state index in [1.54, 1.807) is 53.4 Å². The molecule has 37 heavy (non-hydrogen) atoms. The van der Waals surface area contributed by atoms with Crippen molar-refractivity contribution in [1.82, 2.24) is 4.57 Å². The Labute approximate surface area is 223 Å². The Morgan fingerprint density at radius 3 is 2.16 bits per heavy atom. The maximum Gasteiger partial charge on any atom is 0.426 e. The van der Waals surface area contributed by atoms with Gasteiger partial charge in [-0.2, -0.15) is 4.31 Å². The van der Waals surface area contributed by atoms with Crippen molar-refractivity contribution < 1.29 is 18.3 Å². The van der Waals surface area contributed by atoms with E-state index in [9.17, 15) is 18.3 Å². The number of carbonyl (C=O) groups is 1. The van der Waals surface area contributed by atoms with E-state index < -0.39 is 16.1 Å². The summed E-state index contributed by atoms with van der Waals surface area (Å²) < 4.78 is 30.5. The lowest BCUT2D eigenvalue weighted by Gasteiger charge is -2.20. The van der Waals surface area contributed by atoms with Crippen LogP contribution in [-0.4, -0.2) is 24.2 Å². The third-order valence-electron chi connectivity index (χ3n) is 5.84. The van der Waals surface area contributed by atoms with E-state index in [0.29, 0.717) is 26.1 Å². The molecule has 0 aliphatic heterocycles. The quantitative estimate of drug-likeness (QED) is 0.236. The van der Waals surface area contributed by atoms with E-state index in [2.05, 4.69) is 0 Å². The summed E-state index contributed by atoms with van der Waals surface area (Å²) in [5.41, 5.74) is 3.02. The highest BCUT2D eigenvalue weighted by atomic mass is 35.5. The van der Waals surface area contributed by atoms with Crippen LogP contribution in [0.1, 0.15) is 5.56 Å². The van der Waals surface area contributed by atoms with E-state index in [1.807, 2.05) is 60.7 Å². The Morgan fingerprint density at radius 1 is 0.919 bits per heavy atom. The van der Waals surface area contributed by atoms with Gasteiger partial charge in [0.25, 0.3) is 10.0 Å². The molecule has 0 atom stereocenters. The fourth-order valence-corrected chi connectivity index (χ4v) is 7.00. The van der Waals surface area contributed by atoms with E-state index in [0.717, 1.165) is 16.1 Å². The number of rotatable bonds is 6. The normalized spacial score (nSPS) is 11.4. The molecule has 0 saturated carbocycles. The average molecular weight is 549 g/mol. The molecular weight excluding hydrogens is 528 g/mol. The van der Waals surface area contributed by atoms with Crippen LogP contribution in [0, 0.1) is 6.92 Å². The summed E-state index contributed by atoms with van der Waals surface area (Å²) >= 11 is 7.38. The molecule has 2 aromatic heterocycles. The number of aromatic nitrogens is 1. The predicted molar refractivity (Wildman–Crippen MR) is 148 cm³/mol. The summed E-state index contributed by atoms with van der Waals surface area (Å²) in [6.07, 6.45) is 0.112. The maximum atomic E-state index is 14.2. The highest BCUT2D eigenvalue weighted by Crippen LogP contribution is 2.40. The predicted octanol–water partition coefficient (Wildman–Crippen LogP) is 7.71. The van der Waals surface area contributed by atoms with Gasteiger partial charge in [-0.15, -0.1) is 11.3 Å². The van der Waals surface area contributed by atoms with Gasteiger partial charge in [0.1, 0.15) is 4.90 Å². The van der Waals surface area contributed by atoms with Gasteiger partial charge in [-0.05, 0) is 48.4 Å². The second kappa shape index (κ2) is 9.89. The van der Waals surface area contributed by atoms with Crippen LogP contribution in [0.25, 0.3) is 27.4 Å². The monoisotopic (exact) mass is 548 g/mol. The molecule has 2 heterocycles. The van der Waals surface area contributed by atoms with Crippen LogP contribution in [0.15, 0.2) is 107 Å². The van der Waals surface area contributed by atoms with Gasteiger partial charge < -0.3 is 9.67 Å². The number of aryl methyl sites for hydroxylation is 1. The van der Waals surface area contributed by atoms with Crippen LogP contribution in [0.2, 0.25) is 5.02 Å². The zero-order valence-corrected chi connectivity index (χ0v) is 22.0. The summed E-state index contributed by atoms with van der Waals surface area (Å²) in [5, 5.41) is 12.2. The Morgan fingerprint density at radius 2 is 1.54 bits per heavy atom. The molecule has 0 aliphatic rings. The Kier molecular flexibility index (Phi) is 6.64. The molecule has 6 nitrogen and oxygen atoms in total. The summed E-state index contributed by atoms with van der Waals surface area (Å²) in [5.74, 6) is 0. The number of benzene rings is 3. The second-order valence-electron chi connectivity index (χ2n) is 8.29. The molecule has 186 valence electrons. The molecule has 0 radical (unpaired) electrons. The highest BCUT2D eigenvalue weighted by Gasteiger charge is 2.37. The third kappa shape index (κ3) is 4.67. The number of hydrogen-bond donors (Lipinski definition) is 1. The topological polar surface area (TPSA) is 79.6 Å². The van der Waals surface area contributed by atoms with Gasteiger partial charge in [0.05, 0.1) is 11.4 Å². The number of nitrogens with zero attached hydrogens (tertiary/aromatic N) is 2. The number of hydrogen-bond acceptors (Lipinski definition) is 4. The van der Waals surface area contributed by atoms with Crippen molar-refractivity contribution in [2.75, 3.05) is 4.31 Å². The zero-order valence-electron chi connectivity index (χ0n) is 19.6. The largest absolute Gasteiger partial charge is 0.464 e. The highest BCUT2D eigenvalue weighted by molar-refractivity contribution is 7.93. The van der Waals surface area contributed by atoms with E-state index in [1.165, 1.54) is 11.3 Å². The number of thiophene rings is 1. The number of anilines is 1. The van der Waals surface area contributed by atoms with Crippen molar-refractivity contribution in [2.45, 2.75) is 11.8 Å². The number of halogens is 1. The van der Waals surface area contributed by atoms with Crippen LogP contribution in [0.5, 0.6) is 0 Å². The lowest BCUT2D eigenvalue weighted by atomic mass is 10.1. The van der Waals surface area contributed by atoms with Crippen molar-refractivity contribution in [3.05, 3.63) is 113 Å². The second-order valence-corrected chi connectivity index (χ2v) is 11.4. The lowest BCUT2D eigenvalue weighted by Crippen LogP contribution is -2.36. The minimum absolute atomic E-state index is 0.0604. The van der Waals surface area contributed by atoms with E-state index in [-0.39, 0.29) is 10.6 Å². The molecule has 0 aliphatic carbocycles. The zero-order chi connectivity index (χ0) is 26.2.